The van der Waals surface area contributed by atoms with Crippen LogP contribution in [0, 0.1) is 5.92 Å². The Bertz CT molecular complexity index is 451. The number of nitrogens with one attached hydrogen (secondary N) is 1. The van der Waals surface area contributed by atoms with Crippen molar-refractivity contribution >= 4 is 5.91 Å². The van der Waals surface area contributed by atoms with E-state index in [4.69, 9.17) is 0 Å². The normalized spacial score (nSPS) is 19.6. The number of hydrogen-bond acceptors (Lipinski definition) is 2. The van der Waals surface area contributed by atoms with E-state index in [1.807, 2.05) is 18.2 Å². The van der Waals surface area contributed by atoms with Crippen LogP contribution in [-0.4, -0.2) is 29.4 Å². The lowest BCUT2D eigenvalue weighted by atomic mass is 10.1. The highest BCUT2D eigenvalue weighted by Crippen LogP contribution is 2.35. The van der Waals surface area contributed by atoms with Crippen LogP contribution in [0.2, 0.25) is 0 Å². The molecule has 1 aromatic rings. The highest BCUT2D eigenvalue weighted by atomic mass is 16.2. The molecule has 2 aliphatic carbocycles. The molecule has 108 valence electrons. The second kappa shape index (κ2) is 5.96. The summed E-state index contributed by atoms with van der Waals surface area (Å²) in [5, 5.41) is 3.35. The molecule has 1 atom stereocenters. The number of carbonyl (C=O) groups excluding carboxylic acids is 1. The first-order valence-electron chi connectivity index (χ1n) is 7.81. The molecule has 0 bridgehead atoms. The molecule has 20 heavy (non-hydrogen) atoms. The monoisotopic (exact) mass is 272 g/mol. The smallest absolute Gasteiger partial charge is 0.237 e. The zero-order valence-corrected chi connectivity index (χ0v) is 12.2. The van der Waals surface area contributed by atoms with Gasteiger partial charge in [-0.1, -0.05) is 30.3 Å². The number of rotatable bonds is 7. The number of amides is 1. The molecule has 0 heterocycles. The van der Waals surface area contributed by atoms with Crippen molar-refractivity contribution in [1.82, 2.24) is 10.2 Å². The summed E-state index contributed by atoms with van der Waals surface area (Å²) in [7, 11) is 0. The molecule has 1 N–H and O–H groups in total. The van der Waals surface area contributed by atoms with E-state index in [1.54, 1.807) is 0 Å². The molecule has 0 aromatic heterocycles. The van der Waals surface area contributed by atoms with Gasteiger partial charge in [-0.15, -0.1) is 0 Å². The van der Waals surface area contributed by atoms with Crippen LogP contribution in [0.3, 0.4) is 0 Å². The quantitative estimate of drug-likeness (QED) is 0.827. The first-order valence-corrected chi connectivity index (χ1v) is 7.81. The molecule has 1 amide bonds. The lowest BCUT2D eigenvalue weighted by Gasteiger charge is -2.30. The molecule has 0 radical (unpaired) electrons. The highest BCUT2D eigenvalue weighted by Gasteiger charge is 2.34. The van der Waals surface area contributed by atoms with E-state index in [0.717, 1.165) is 6.54 Å². The second-order valence-corrected chi connectivity index (χ2v) is 6.24. The zero-order valence-electron chi connectivity index (χ0n) is 12.2. The molecule has 1 aromatic carbocycles. The average molecular weight is 272 g/mol. The summed E-state index contributed by atoms with van der Waals surface area (Å²) < 4.78 is 0. The summed E-state index contributed by atoms with van der Waals surface area (Å²) in [5.74, 6) is 0.962. The molecule has 3 nitrogen and oxygen atoms in total. The zero-order chi connectivity index (χ0) is 13.9. The van der Waals surface area contributed by atoms with Crippen molar-refractivity contribution in [3.63, 3.8) is 0 Å². The lowest BCUT2D eigenvalue weighted by molar-refractivity contribution is -0.133. The van der Waals surface area contributed by atoms with E-state index < -0.39 is 0 Å². The summed E-state index contributed by atoms with van der Waals surface area (Å²) in [6, 6.07) is 11.3. The van der Waals surface area contributed by atoms with Gasteiger partial charge in [-0.2, -0.15) is 0 Å². The third-order valence-electron chi connectivity index (χ3n) is 4.43. The van der Waals surface area contributed by atoms with Crippen molar-refractivity contribution in [2.75, 3.05) is 6.54 Å². The fourth-order valence-electron chi connectivity index (χ4n) is 2.69. The molecule has 2 fully saturated rings. The van der Waals surface area contributed by atoms with Gasteiger partial charge in [0.2, 0.25) is 5.91 Å². The maximum Gasteiger partial charge on any atom is 0.237 e. The van der Waals surface area contributed by atoms with Crippen molar-refractivity contribution in [3.05, 3.63) is 35.9 Å². The Morgan fingerprint density at radius 2 is 1.95 bits per heavy atom. The van der Waals surface area contributed by atoms with E-state index in [-0.39, 0.29) is 5.91 Å². The molecule has 0 spiro atoms. The molecule has 0 saturated heterocycles. The topological polar surface area (TPSA) is 32.3 Å². The van der Waals surface area contributed by atoms with Crippen LogP contribution in [0.5, 0.6) is 0 Å². The van der Waals surface area contributed by atoms with Gasteiger partial charge in [0.25, 0.3) is 0 Å². The Morgan fingerprint density at radius 3 is 2.55 bits per heavy atom. The van der Waals surface area contributed by atoms with Gasteiger partial charge < -0.3 is 10.2 Å². The molecule has 1 unspecified atom stereocenters. The van der Waals surface area contributed by atoms with Crippen molar-refractivity contribution in [2.45, 2.75) is 51.2 Å². The number of carbonyl (C=O) groups is 1. The first kappa shape index (κ1) is 13.6. The van der Waals surface area contributed by atoms with E-state index in [0.29, 0.717) is 24.5 Å². The van der Waals surface area contributed by atoms with Crippen molar-refractivity contribution < 1.29 is 4.79 Å². The van der Waals surface area contributed by atoms with Gasteiger partial charge >= 0.3 is 0 Å². The fourth-order valence-corrected chi connectivity index (χ4v) is 2.69. The molecule has 3 rings (SSSR count). The van der Waals surface area contributed by atoms with Gasteiger partial charge in [-0.05, 0) is 44.1 Å². The van der Waals surface area contributed by atoms with Crippen molar-refractivity contribution in [3.8, 4) is 0 Å². The Morgan fingerprint density at radius 1 is 1.25 bits per heavy atom. The van der Waals surface area contributed by atoms with Crippen LogP contribution < -0.4 is 5.32 Å². The lowest BCUT2D eigenvalue weighted by Crippen LogP contribution is -2.44. The average Bonchev–Trinajstić information content (AvgIpc) is 3.35. The second-order valence-electron chi connectivity index (χ2n) is 6.24. The van der Waals surface area contributed by atoms with Gasteiger partial charge in [-0.3, -0.25) is 4.79 Å². The van der Waals surface area contributed by atoms with Crippen LogP contribution in [-0.2, 0) is 11.3 Å². The van der Waals surface area contributed by atoms with Crippen molar-refractivity contribution in [2.24, 2.45) is 5.92 Å². The van der Waals surface area contributed by atoms with Crippen LogP contribution >= 0.6 is 0 Å². The molecule has 2 aliphatic rings. The molecule has 3 heteroatoms. The molecule has 0 aliphatic heterocycles. The van der Waals surface area contributed by atoms with Gasteiger partial charge in [0, 0.05) is 18.6 Å². The largest absolute Gasteiger partial charge is 0.334 e. The van der Waals surface area contributed by atoms with E-state index in [9.17, 15) is 4.79 Å². The van der Waals surface area contributed by atoms with Crippen LogP contribution in [0.1, 0.15) is 38.2 Å². The van der Waals surface area contributed by atoms with Gasteiger partial charge in [0.15, 0.2) is 0 Å². The van der Waals surface area contributed by atoms with E-state index >= 15 is 0 Å². The predicted molar refractivity (Wildman–Crippen MR) is 80.2 cm³/mol. The summed E-state index contributed by atoms with van der Waals surface area (Å²) in [4.78, 5) is 14.6. The van der Waals surface area contributed by atoms with Crippen molar-refractivity contribution in [1.29, 1.82) is 0 Å². The molecular formula is C17H24N2O. The standard InChI is InChI=1S/C17H24N2O/c1-13(15-7-8-15)19(12-14-5-3-2-4-6-14)17(20)11-18-16-9-10-16/h2-6,13,15-16,18H,7-12H2,1H3. The fraction of sp³-hybridized carbons (Fsp3) is 0.588. The third-order valence-corrected chi connectivity index (χ3v) is 4.43. The molecular weight excluding hydrogens is 248 g/mol. The summed E-state index contributed by atoms with van der Waals surface area (Å²) in [6.07, 6.45) is 5.00. The Balaban J connectivity index is 1.63. The van der Waals surface area contributed by atoms with Gasteiger partial charge in [0.1, 0.15) is 0 Å². The van der Waals surface area contributed by atoms with Gasteiger partial charge in [-0.25, -0.2) is 0 Å². The molecule has 2 saturated carbocycles. The predicted octanol–water partition coefficient (Wildman–Crippen LogP) is 2.57. The number of benzene rings is 1. The van der Waals surface area contributed by atoms with E-state index in [2.05, 4.69) is 29.3 Å². The third kappa shape index (κ3) is 3.60. The Kier molecular flexibility index (Phi) is 4.06. The Hall–Kier alpha value is -1.35. The Labute approximate surface area is 121 Å². The van der Waals surface area contributed by atoms with Crippen LogP contribution in [0.25, 0.3) is 0 Å². The number of nitrogens with zero attached hydrogens (tertiary/aromatic N) is 1. The van der Waals surface area contributed by atoms with Crippen LogP contribution in [0.4, 0.5) is 0 Å². The van der Waals surface area contributed by atoms with Gasteiger partial charge in [0.05, 0.1) is 6.54 Å². The summed E-state index contributed by atoms with van der Waals surface area (Å²) in [6.45, 7) is 3.44. The SMILES string of the molecule is CC(C1CC1)N(Cc1ccccc1)C(=O)CNC1CC1. The summed E-state index contributed by atoms with van der Waals surface area (Å²) in [5.41, 5.74) is 1.22. The maximum absolute atomic E-state index is 12.5. The maximum atomic E-state index is 12.5. The minimum atomic E-state index is 0.250. The highest BCUT2D eigenvalue weighted by molar-refractivity contribution is 5.78. The van der Waals surface area contributed by atoms with E-state index in [1.165, 1.54) is 31.2 Å². The van der Waals surface area contributed by atoms with Crippen LogP contribution in [0.15, 0.2) is 30.3 Å². The number of hydrogen-bond donors (Lipinski definition) is 1. The minimum Gasteiger partial charge on any atom is -0.334 e. The first-order chi connectivity index (χ1) is 9.74. The minimum absolute atomic E-state index is 0.250. The summed E-state index contributed by atoms with van der Waals surface area (Å²) >= 11 is 0.